The smallest absolute Gasteiger partial charge is 0.326 e. The summed E-state index contributed by atoms with van der Waals surface area (Å²) in [6.07, 6.45) is 1.81. The highest BCUT2D eigenvalue weighted by Gasteiger charge is 2.39. The minimum absolute atomic E-state index is 0.0877. The first-order chi connectivity index (χ1) is 9.79. The Morgan fingerprint density at radius 1 is 1.38 bits per heavy atom. The van der Waals surface area contributed by atoms with E-state index in [0.717, 1.165) is 0 Å². The van der Waals surface area contributed by atoms with Crippen LogP contribution >= 0.6 is 0 Å². The molecule has 7 nitrogen and oxygen atoms in total. The highest BCUT2D eigenvalue weighted by molar-refractivity contribution is 5.92. The molecule has 0 saturated carbocycles. The summed E-state index contributed by atoms with van der Waals surface area (Å²) in [6, 6.07) is -2.23. The molecule has 1 aliphatic heterocycles. The van der Waals surface area contributed by atoms with E-state index in [1.807, 2.05) is 13.8 Å². The van der Waals surface area contributed by atoms with E-state index in [1.165, 1.54) is 4.90 Å². The quantitative estimate of drug-likeness (QED) is 0.636. The van der Waals surface area contributed by atoms with Crippen LogP contribution in [0.5, 0.6) is 0 Å². The molecule has 1 heterocycles. The molecule has 0 radical (unpaired) electrons. The first-order valence-corrected chi connectivity index (χ1v) is 7.38. The molecule has 0 aromatic carbocycles. The summed E-state index contributed by atoms with van der Waals surface area (Å²) in [6.45, 7) is 5.73. The van der Waals surface area contributed by atoms with E-state index in [0.29, 0.717) is 25.8 Å². The molecule has 0 aromatic heterocycles. The third-order valence-electron chi connectivity index (χ3n) is 4.01. The van der Waals surface area contributed by atoms with Gasteiger partial charge >= 0.3 is 5.97 Å². The Kier molecular flexibility index (Phi) is 6.14. The highest BCUT2D eigenvalue weighted by atomic mass is 16.4. The number of carbonyl (C=O) groups excluding carboxylic acids is 2. The predicted molar refractivity (Wildman–Crippen MR) is 77.4 cm³/mol. The van der Waals surface area contributed by atoms with Crippen LogP contribution in [0.25, 0.3) is 0 Å². The molecule has 1 saturated heterocycles. The number of hydrogen-bond donors (Lipinski definition) is 3. The number of nitrogens with two attached hydrogens (primary N) is 1. The molecule has 0 unspecified atom stereocenters. The predicted octanol–water partition coefficient (Wildman–Crippen LogP) is -0.0599. The van der Waals surface area contributed by atoms with Crippen molar-refractivity contribution in [3.8, 4) is 0 Å². The first kappa shape index (κ1) is 17.4. The zero-order chi connectivity index (χ0) is 16.2. The van der Waals surface area contributed by atoms with Gasteiger partial charge in [0.1, 0.15) is 12.1 Å². The third-order valence-corrected chi connectivity index (χ3v) is 4.01. The number of rotatable bonds is 6. The van der Waals surface area contributed by atoms with Crippen molar-refractivity contribution in [1.29, 1.82) is 0 Å². The molecule has 1 rings (SSSR count). The Labute approximate surface area is 124 Å². The molecule has 1 aliphatic rings. The molecule has 1 fully saturated rings. The summed E-state index contributed by atoms with van der Waals surface area (Å²) in [4.78, 5) is 37.0. The van der Waals surface area contributed by atoms with Gasteiger partial charge in [-0.15, -0.1) is 0 Å². The van der Waals surface area contributed by atoms with Crippen LogP contribution in [0.1, 0.15) is 40.0 Å². The van der Waals surface area contributed by atoms with E-state index in [-0.39, 0.29) is 11.8 Å². The average Bonchev–Trinajstić information content (AvgIpc) is 2.92. The summed E-state index contributed by atoms with van der Waals surface area (Å²) in [5.41, 5.74) is 5.52. The van der Waals surface area contributed by atoms with Crippen LogP contribution in [-0.2, 0) is 14.4 Å². The van der Waals surface area contributed by atoms with Crippen LogP contribution in [0.2, 0.25) is 0 Å². The van der Waals surface area contributed by atoms with Gasteiger partial charge in [0.05, 0.1) is 6.04 Å². The number of aliphatic carboxylic acids is 1. The molecule has 4 atom stereocenters. The second kappa shape index (κ2) is 7.40. The minimum Gasteiger partial charge on any atom is -0.480 e. The summed E-state index contributed by atoms with van der Waals surface area (Å²) in [7, 11) is 0. The zero-order valence-electron chi connectivity index (χ0n) is 12.8. The van der Waals surface area contributed by atoms with Crippen LogP contribution in [-0.4, -0.2) is 52.5 Å². The van der Waals surface area contributed by atoms with Gasteiger partial charge in [0.15, 0.2) is 0 Å². The lowest BCUT2D eigenvalue weighted by Gasteiger charge is -2.30. The van der Waals surface area contributed by atoms with Crippen LogP contribution in [0.15, 0.2) is 0 Å². The molecule has 4 N–H and O–H groups in total. The van der Waals surface area contributed by atoms with Gasteiger partial charge in [-0.1, -0.05) is 20.3 Å². The fourth-order valence-electron chi connectivity index (χ4n) is 2.43. The summed E-state index contributed by atoms with van der Waals surface area (Å²) >= 11 is 0. The SMILES string of the molecule is CC[C@@H](C)[C@H](NC(=O)[C@H](C)N)C(=O)N1CCC[C@H]1C(=O)O. The van der Waals surface area contributed by atoms with Gasteiger partial charge in [0, 0.05) is 6.54 Å². The Morgan fingerprint density at radius 2 is 2.00 bits per heavy atom. The van der Waals surface area contributed by atoms with E-state index in [2.05, 4.69) is 5.32 Å². The zero-order valence-corrected chi connectivity index (χ0v) is 12.8. The molecule has 21 heavy (non-hydrogen) atoms. The van der Waals surface area contributed by atoms with Crippen LogP contribution in [0, 0.1) is 5.92 Å². The lowest BCUT2D eigenvalue weighted by atomic mass is 9.97. The highest BCUT2D eigenvalue weighted by Crippen LogP contribution is 2.21. The molecule has 2 amide bonds. The van der Waals surface area contributed by atoms with E-state index < -0.39 is 30.0 Å². The molecule has 7 heteroatoms. The van der Waals surface area contributed by atoms with Gasteiger partial charge < -0.3 is 21.1 Å². The molecule has 0 aliphatic carbocycles. The number of amides is 2. The first-order valence-electron chi connectivity index (χ1n) is 7.38. The number of hydrogen-bond acceptors (Lipinski definition) is 4. The molecule has 0 bridgehead atoms. The van der Waals surface area contributed by atoms with E-state index in [9.17, 15) is 19.5 Å². The average molecular weight is 299 g/mol. The summed E-state index contributed by atoms with van der Waals surface area (Å²) < 4.78 is 0. The van der Waals surface area contributed by atoms with Gasteiger partial charge in [-0.25, -0.2) is 4.79 Å². The molecular weight excluding hydrogens is 274 g/mol. The standard InChI is InChI=1S/C14H25N3O4/c1-4-8(2)11(16-12(18)9(3)15)13(19)17-7-5-6-10(17)14(20)21/h8-11H,4-7,15H2,1-3H3,(H,16,18)(H,20,21)/t8-,9+,10+,11+/m1/s1. The van der Waals surface area contributed by atoms with Crippen molar-refractivity contribution in [3.63, 3.8) is 0 Å². The van der Waals surface area contributed by atoms with Crippen LogP contribution in [0.3, 0.4) is 0 Å². The van der Waals surface area contributed by atoms with E-state index in [4.69, 9.17) is 5.73 Å². The number of carboxylic acids is 1. The van der Waals surface area contributed by atoms with Crippen LogP contribution in [0.4, 0.5) is 0 Å². The monoisotopic (exact) mass is 299 g/mol. The second-order valence-electron chi connectivity index (χ2n) is 5.69. The van der Waals surface area contributed by atoms with Crippen molar-refractivity contribution in [2.24, 2.45) is 11.7 Å². The Bertz CT molecular complexity index is 411. The van der Waals surface area contributed by atoms with Gasteiger partial charge in [0.2, 0.25) is 11.8 Å². The molecule has 0 aromatic rings. The third kappa shape index (κ3) is 4.17. The maximum Gasteiger partial charge on any atom is 0.326 e. The maximum absolute atomic E-state index is 12.6. The summed E-state index contributed by atoms with van der Waals surface area (Å²) in [5, 5.41) is 11.8. The fraction of sp³-hybridized carbons (Fsp3) is 0.786. The lowest BCUT2D eigenvalue weighted by molar-refractivity contribution is -0.150. The minimum atomic E-state index is -0.998. The van der Waals surface area contributed by atoms with Crippen LogP contribution < -0.4 is 11.1 Å². The number of carbonyl (C=O) groups is 3. The van der Waals surface area contributed by atoms with E-state index in [1.54, 1.807) is 6.92 Å². The Balaban J connectivity index is 2.89. The number of carboxylic acid groups (broad SMARTS) is 1. The van der Waals surface area contributed by atoms with Crippen molar-refractivity contribution in [2.75, 3.05) is 6.54 Å². The van der Waals surface area contributed by atoms with Crippen molar-refractivity contribution in [2.45, 2.75) is 58.2 Å². The van der Waals surface area contributed by atoms with E-state index >= 15 is 0 Å². The van der Waals surface area contributed by atoms with Crippen molar-refractivity contribution < 1.29 is 19.5 Å². The normalized spacial score (nSPS) is 22.5. The molecule has 0 spiro atoms. The molecular formula is C14H25N3O4. The van der Waals surface area contributed by atoms with Crippen molar-refractivity contribution >= 4 is 17.8 Å². The largest absolute Gasteiger partial charge is 0.480 e. The van der Waals surface area contributed by atoms with Gasteiger partial charge in [-0.2, -0.15) is 0 Å². The van der Waals surface area contributed by atoms with Gasteiger partial charge in [-0.05, 0) is 25.7 Å². The van der Waals surface area contributed by atoms with Crippen molar-refractivity contribution in [1.82, 2.24) is 10.2 Å². The van der Waals surface area contributed by atoms with Gasteiger partial charge in [-0.3, -0.25) is 9.59 Å². The number of likely N-dealkylation sites (tertiary alicyclic amines) is 1. The maximum atomic E-state index is 12.6. The second-order valence-corrected chi connectivity index (χ2v) is 5.69. The van der Waals surface area contributed by atoms with Crippen molar-refractivity contribution in [3.05, 3.63) is 0 Å². The Morgan fingerprint density at radius 3 is 2.48 bits per heavy atom. The fourth-order valence-corrected chi connectivity index (χ4v) is 2.43. The van der Waals surface area contributed by atoms with Gasteiger partial charge in [0.25, 0.3) is 0 Å². The number of nitrogens with one attached hydrogen (secondary N) is 1. The molecule has 120 valence electrons. The topological polar surface area (TPSA) is 113 Å². The summed E-state index contributed by atoms with van der Waals surface area (Å²) in [5.74, 6) is -1.82. The lowest BCUT2D eigenvalue weighted by Crippen LogP contribution is -2.56. The Hall–Kier alpha value is -1.63. The number of nitrogens with zero attached hydrogens (tertiary/aromatic N) is 1.